The minimum atomic E-state index is 0.261. The lowest BCUT2D eigenvalue weighted by molar-refractivity contribution is 0.0571. The van der Waals surface area contributed by atoms with Crippen molar-refractivity contribution in [3.05, 3.63) is 54.5 Å². The van der Waals surface area contributed by atoms with E-state index in [1.165, 1.54) is 5.56 Å². The average molecular weight is 283 g/mol. The molecule has 1 aliphatic heterocycles. The monoisotopic (exact) mass is 283 g/mol. The van der Waals surface area contributed by atoms with E-state index in [4.69, 9.17) is 4.74 Å². The second-order valence-corrected chi connectivity index (χ2v) is 5.30. The van der Waals surface area contributed by atoms with Gasteiger partial charge in [0.05, 0.1) is 12.1 Å². The average Bonchev–Trinajstić information content (AvgIpc) is 2.92. The van der Waals surface area contributed by atoms with Crippen LogP contribution in [0.3, 0.4) is 0 Å². The summed E-state index contributed by atoms with van der Waals surface area (Å²) in [5.74, 6) is 1.04. The Balaban J connectivity index is 1.82. The summed E-state index contributed by atoms with van der Waals surface area (Å²) in [5.41, 5.74) is 1.25. The van der Waals surface area contributed by atoms with Crippen LogP contribution >= 0.6 is 0 Å². The Morgan fingerprint density at radius 1 is 1.24 bits per heavy atom. The molecule has 0 radical (unpaired) electrons. The van der Waals surface area contributed by atoms with Crippen molar-refractivity contribution in [1.29, 1.82) is 0 Å². The lowest BCUT2D eigenvalue weighted by atomic mass is 10.0. The van der Waals surface area contributed by atoms with E-state index >= 15 is 0 Å². The van der Waals surface area contributed by atoms with Gasteiger partial charge in [0.1, 0.15) is 5.82 Å². The number of ether oxygens (including phenoxy) is 1. The zero-order valence-corrected chi connectivity index (χ0v) is 12.4. The summed E-state index contributed by atoms with van der Waals surface area (Å²) in [4.78, 5) is 11.1. The van der Waals surface area contributed by atoms with Crippen LogP contribution in [0.15, 0.2) is 48.9 Å². The van der Waals surface area contributed by atoms with Crippen molar-refractivity contribution in [2.45, 2.75) is 31.9 Å². The van der Waals surface area contributed by atoms with E-state index in [0.717, 1.165) is 31.8 Å². The number of anilines is 1. The summed E-state index contributed by atoms with van der Waals surface area (Å²) in [6.45, 7) is 3.81. The van der Waals surface area contributed by atoms with E-state index < -0.39 is 0 Å². The summed E-state index contributed by atoms with van der Waals surface area (Å²) >= 11 is 0. The highest BCUT2D eigenvalue weighted by atomic mass is 16.5. The molecule has 0 spiro atoms. The molecule has 1 aliphatic rings. The maximum Gasteiger partial charge on any atom is 0.128 e. The summed E-state index contributed by atoms with van der Waals surface area (Å²) in [7, 11) is 0. The zero-order chi connectivity index (χ0) is 14.5. The lowest BCUT2D eigenvalue weighted by Crippen LogP contribution is -2.38. The Morgan fingerprint density at radius 3 is 2.90 bits per heavy atom. The molecule has 21 heavy (non-hydrogen) atoms. The van der Waals surface area contributed by atoms with Crippen LogP contribution in [0.1, 0.15) is 18.9 Å². The minimum absolute atomic E-state index is 0.261. The van der Waals surface area contributed by atoms with E-state index in [-0.39, 0.29) is 6.10 Å². The highest BCUT2D eigenvalue weighted by molar-refractivity contribution is 5.42. The van der Waals surface area contributed by atoms with E-state index in [2.05, 4.69) is 33.9 Å². The fraction of sp³-hybridized carbons (Fsp3) is 0.412. The van der Waals surface area contributed by atoms with E-state index in [1.54, 1.807) is 0 Å². The van der Waals surface area contributed by atoms with Gasteiger partial charge in [-0.25, -0.2) is 4.98 Å². The van der Waals surface area contributed by atoms with Crippen molar-refractivity contribution in [2.24, 2.45) is 0 Å². The molecule has 0 bridgehead atoms. The van der Waals surface area contributed by atoms with Gasteiger partial charge >= 0.3 is 0 Å². The summed E-state index contributed by atoms with van der Waals surface area (Å²) < 4.78 is 5.95. The molecule has 4 nitrogen and oxygen atoms in total. The van der Waals surface area contributed by atoms with Gasteiger partial charge in [-0.1, -0.05) is 12.1 Å². The number of hydrogen-bond acceptors (Lipinski definition) is 4. The third-order valence-corrected chi connectivity index (χ3v) is 3.98. The highest BCUT2D eigenvalue weighted by Gasteiger charge is 2.35. The van der Waals surface area contributed by atoms with Gasteiger partial charge in [0.2, 0.25) is 0 Å². The molecule has 0 saturated carbocycles. The molecule has 0 N–H and O–H groups in total. The number of rotatable bonds is 5. The molecule has 0 aliphatic carbocycles. The van der Waals surface area contributed by atoms with Gasteiger partial charge in [-0.3, -0.25) is 4.98 Å². The molecule has 2 aromatic rings. The molecule has 1 fully saturated rings. The van der Waals surface area contributed by atoms with Gasteiger partial charge in [0, 0.05) is 31.7 Å². The third kappa shape index (κ3) is 3.22. The van der Waals surface area contributed by atoms with Crippen molar-refractivity contribution >= 4 is 5.82 Å². The Morgan fingerprint density at radius 2 is 2.19 bits per heavy atom. The van der Waals surface area contributed by atoms with Crippen LogP contribution in [-0.4, -0.2) is 35.3 Å². The van der Waals surface area contributed by atoms with Crippen LogP contribution in [0.4, 0.5) is 5.82 Å². The van der Waals surface area contributed by atoms with Crippen LogP contribution in [0.5, 0.6) is 0 Å². The molecular weight excluding hydrogens is 262 g/mol. The van der Waals surface area contributed by atoms with Gasteiger partial charge in [-0.05, 0) is 43.5 Å². The first kappa shape index (κ1) is 14.0. The van der Waals surface area contributed by atoms with Crippen molar-refractivity contribution in [1.82, 2.24) is 9.97 Å². The van der Waals surface area contributed by atoms with Crippen LogP contribution in [0, 0.1) is 0 Å². The first-order valence-electron chi connectivity index (χ1n) is 7.56. The molecule has 1 saturated heterocycles. The molecule has 110 valence electrons. The van der Waals surface area contributed by atoms with Gasteiger partial charge < -0.3 is 9.64 Å². The normalized spacial score (nSPS) is 21.7. The molecule has 3 rings (SSSR count). The van der Waals surface area contributed by atoms with Crippen molar-refractivity contribution in [3.8, 4) is 0 Å². The quantitative estimate of drug-likeness (QED) is 0.845. The fourth-order valence-electron chi connectivity index (χ4n) is 3.04. The summed E-state index contributed by atoms with van der Waals surface area (Å²) in [5, 5.41) is 0. The Labute approximate surface area is 125 Å². The second kappa shape index (κ2) is 6.68. The van der Waals surface area contributed by atoms with Crippen LogP contribution in [-0.2, 0) is 11.2 Å². The van der Waals surface area contributed by atoms with E-state index in [9.17, 15) is 0 Å². The highest BCUT2D eigenvalue weighted by Crippen LogP contribution is 2.28. The third-order valence-electron chi connectivity index (χ3n) is 3.98. The molecule has 2 aromatic heterocycles. The maximum atomic E-state index is 5.95. The molecule has 3 heterocycles. The molecule has 4 heteroatoms. The van der Waals surface area contributed by atoms with Crippen LogP contribution in [0.25, 0.3) is 0 Å². The van der Waals surface area contributed by atoms with Gasteiger partial charge in [-0.2, -0.15) is 0 Å². The maximum absolute atomic E-state index is 5.95. The molecule has 0 unspecified atom stereocenters. The molecule has 0 aromatic carbocycles. The minimum Gasteiger partial charge on any atom is -0.376 e. The van der Waals surface area contributed by atoms with Crippen LogP contribution in [0.2, 0.25) is 0 Å². The van der Waals surface area contributed by atoms with E-state index in [0.29, 0.717) is 6.04 Å². The van der Waals surface area contributed by atoms with Crippen LogP contribution < -0.4 is 4.90 Å². The Hall–Kier alpha value is -1.94. The lowest BCUT2D eigenvalue weighted by Gasteiger charge is -2.29. The summed E-state index contributed by atoms with van der Waals surface area (Å²) in [6, 6.07) is 10.5. The Bertz CT molecular complexity index is 546. The first-order valence-corrected chi connectivity index (χ1v) is 7.56. The topological polar surface area (TPSA) is 38.2 Å². The van der Waals surface area contributed by atoms with Gasteiger partial charge in [-0.15, -0.1) is 0 Å². The molecule has 0 amide bonds. The number of nitrogens with zero attached hydrogens (tertiary/aromatic N) is 3. The van der Waals surface area contributed by atoms with Gasteiger partial charge in [0.25, 0.3) is 0 Å². The van der Waals surface area contributed by atoms with Crippen molar-refractivity contribution in [3.63, 3.8) is 0 Å². The van der Waals surface area contributed by atoms with Crippen molar-refractivity contribution < 1.29 is 4.74 Å². The number of pyridine rings is 2. The smallest absolute Gasteiger partial charge is 0.128 e. The summed E-state index contributed by atoms with van der Waals surface area (Å²) in [6.07, 6.45) is 7.86. The standard InChI is InChI=1S/C17H21N3O/c1-2-21-16-8-11-20(17-7-3-4-10-19-17)15(16)12-14-6-5-9-18-13-14/h3-7,9-10,13,15-16H,2,8,11-12H2,1H3/t15-,16-/m1/s1. The van der Waals surface area contributed by atoms with Gasteiger partial charge in [0.15, 0.2) is 0 Å². The van der Waals surface area contributed by atoms with E-state index in [1.807, 2.05) is 36.8 Å². The number of aromatic nitrogens is 2. The first-order chi connectivity index (χ1) is 10.4. The predicted octanol–water partition coefficient (Wildman–Crippen LogP) is 2.70. The molecule has 2 atom stereocenters. The SMILES string of the molecule is CCO[C@@H]1CCN(c2ccccn2)[C@@H]1Cc1cccnc1. The fourth-order valence-corrected chi connectivity index (χ4v) is 3.04. The molecular formula is C17H21N3O. The zero-order valence-electron chi connectivity index (χ0n) is 12.4. The largest absolute Gasteiger partial charge is 0.376 e. The Kier molecular flexibility index (Phi) is 4.46. The predicted molar refractivity (Wildman–Crippen MR) is 83.3 cm³/mol. The number of hydrogen-bond donors (Lipinski definition) is 0. The second-order valence-electron chi connectivity index (χ2n) is 5.30. The van der Waals surface area contributed by atoms with Crippen molar-refractivity contribution in [2.75, 3.05) is 18.1 Å².